The average molecular weight is 740 g/mol. The topological polar surface area (TPSA) is 3.24 Å². The van der Waals surface area contributed by atoms with Crippen molar-refractivity contribution < 1.29 is 0 Å². The minimum Gasteiger partial charge on any atom is -0.310 e. The summed E-state index contributed by atoms with van der Waals surface area (Å²) in [4.78, 5) is 2.40. The van der Waals surface area contributed by atoms with Crippen LogP contribution in [0.15, 0.2) is 212 Å². The van der Waals surface area contributed by atoms with Crippen LogP contribution < -0.4 is 4.90 Å². The predicted octanol–water partition coefficient (Wildman–Crippen LogP) is 15.9. The standard InChI is InChI=1S/C57H41N/c1-57(2)54-36-45(58(43-18-7-4-8-19-43)44-31-29-41(30-32-44)40-27-25-39(26-28-40)38-15-5-3-6-16-38)33-34-51(54)56-50-24-14-13-23-49(50)53(37-55(56)57)52-35-42-17-9-10-20-46(42)47-21-11-12-22-48(47)52/h3-37H,1-2H3. The van der Waals surface area contributed by atoms with E-state index >= 15 is 0 Å². The molecule has 0 saturated heterocycles. The van der Waals surface area contributed by atoms with E-state index in [0.717, 1.165) is 17.1 Å². The van der Waals surface area contributed by atoms with Gasteiger partial charge in [-0.15, -0.1) is 0 Å². The zero-order valence-corrected chi connectivity index (χ0v) is 32.7. The lowest BCUT2D eigenvalue weighted by molar-refractivity contribution is 0.661. The minimum absolute atomic E-state index is 0.232. The van der Waals surface area contributed by atoms with Crippen LogP contribution in [0, 0.1) is 0 Å². The van der Waals surface area contributed by atoms with Crippen molar-refractivity contribution in [2.24, 2.45) is 0 Å². The molecule has 1 aliphatic carbocycles. The van der Waals surface area contributed by atoms with E-state index in [1.165, 1.54) is 88.0 Å². The molecule has 1 heteroatoms. The van der Waals surface area contributed by atoms with Crippen molar-refractivity contribution in [2.75, 3.05) is 4.90 Å². The normalized spacial score (nSPS) is 12.8. The molecule has 0 amide bonds. The summed E-state index contributed by atoms with van der Waals surface area (Å²) in [5, 5.41) is 7.73. The molecule has 0 heterocycles. The van der Waals surface area contributed by atoms with Gasteiger partial charge in [-0.1, -0.05) is 178 Å². The summed E-state index contributed by atoms with van der Waals surface area (Å²) in [6.45, 7) is 4.81. The summed E-state index contributed by atoms with van der Waals surface area (Å²) in [5.41, 5.74) is 16.0. The highest BCUT2D eigenvalue weighted by Crippen LogP contribution is 2.55. The molecule has 1 nitrogen and oxygen atoms in total. The second-order valence-corrected chi connectivity index (χ2v) is 16.1. The number of nitrogens with zero attached hydrogens (tertiary/aromatic N) is 1. The number of anilines is 3. The molecule has 0 aliphatic heterocycles. The van der Waals surface area contributed by atoms with Crippen LogP contribution in [-0.4, -0.2) is 0 Å². The summed E-state index contributed by atoms with van der Waals surface area (Å²) in [6, 6.07) is 78.0. The molecule has 0 saturated carbocycles. The average Bonchev–Trinajstić information content (AvgIpc) is 3.52. The Kier molecular flexibility index (Phi) is 7.91. The summed E-state index contributed by atoms with van der Waals surface area (Å²) in [6.07, 6.45) is 0. The Morgan fingerprint density at radius 2 is 0.776 bits per heavy atom. The smallest absolute Gasteiger partial charge is 0.0465 e. The largest absolute Gasteiger partial charge is 0.310 e. The van der Waals surface area contributed by atoms with Gasteiger partial charge in [0.25, 0.3) is 0 Å². The van der Waals surface area contributed by atoms with Gasteiger partial charge in [-0.05, 0) is 136 Å². The van der Waals surface area contributed by atoms with Gasteiger partial charge in [0, 0.05) is 22.5 Å². The Morgan fingerprint density at radius 3 is 1.45 bits per heavy atom. The second kappa shape index (κ2) is 13.5. The van der Waals surface area contributed by atoms with Crippen LogP contribution in [0.4, 0.5) is 17.1 Å². The first-order valence-electron chi connectivity index (χ1n) is 20.3. The lowest BCUT2D eigenvalue weighted by atomic mass is 9.80. The van der Waals surface area contributed by atoms with Gasteiger partial charge in [0.15, 0.2) is 0 Å². The van der Waals surface area contributed by atoms with E-state index in [-0.39, 0.29) is 5.41 Å². The third-order valence-corrected chi connectivity index (χ3v) is 12.4. The van der Waals surface area contributed by atoms with Gasteiger partial charge in [-0.2, -0.15) is 0 Å². The third-order valence-electron chi connectivity index (χ3n) is 12.4. The molecular weight excluding hydrogens is 699 g/mol. The van der Waals surface area contributed by atoms with Crippen LogP contribution in [0.2, 0.25) is 0 Å². The maximum Gasteiger partial charge on any atom is 0.0465 e. The predicted molar refractivity (Wildman–Crippen MR) is 248 cm³/mol. The van der Waals surface area contributed by atoms with Crippen molar-refractivity contribution in [1.29, 1.82) is 0 Å². The van der Waals surface area contributed by atoms with E-state index < -0.39 is 0 Å². The Labute approximate surface area is 340 Å². The van der Waals surface area contributed by atoms with Gasteiger partial charge in [0.05, 0.1) is 0 Å². The van der Waals surface area contributed by atoms with Crippen LogP contribution in [-0.2, 0) is 5.41 Å². The summed E-state index contributed by atoms with van der Waals surface area (Å²) in [7, 11) is 0. The quantitative estimate of drug-likeness (QED) is 0.154. The number of rotatable bonds is 6. The molecule has 0 unspecified atom stereocenters. The highest BCUT2D eigenvalue weighted by molar-refractivity contribution is 6.18. The lowest BCUT2D eigenvalue weighted by Gasteiger charge is -2.28. The molecule has 11 rings (SSSR count). The molecular formula is C57H41N. The first-order chi connectivity index (χ1) is 28.5. The van der Waals surface area contributed by atoms with Gasteiger partial charge < -0.3 is 4.90 Å². The molecule has 0 N–H and O–H groups in total. The molecule has 0 atom stereocenters. The summed E-state index contributed by atoms with van der Waals surface area (Å²) >= 11 is 0. The van der Waals surface area contributed by atoms with Crippen molar-refractivity contribution in [3.8, 4) is 44.5 Å². The van der Waals surface area contributed by atoms with Gasteiger partial charge in [0.1, 0.15) is 0 Å². The molecule has 0 spiro atoms. The van der Waals surface area contributed by atoms with E-state index in [1.807, 2.05) is 0 Å². The van der Waals surface area contributed by atoms with Crippen LogP contribution in [0.3, 0.4) is 0 Å². The second-order valence-electron chi connectivity index (χ2n) is 16.1. The molecule has 58 heavy (non-hydrogen) atoms. The Balaban J connectivity index is 1.02. The van der Waals surface area contributed by atoms with Crippen LogP contribution in [0.25, 0.3) is 76.8 Å². The molecule has 274 valence electrons. The molecule has 0 bridgehead atoms. The van der Waals surface area contributed by atoms with Gasteiger partial charge in [-0.25, -0.2) is 0 Å². The first-order valence-corrected chi connectivity index (χ1v) is 20.3. The maximum atomic E-state index is 2.51. The molecule has 10 aromatic rings. The van der Waals surface area contributed by atoms with E-state index in [4.69, 9.17) is 0 Å². The number of fused-ring (bicyclic) bond motifs is 8. The number of para-hydroxylation sites is 1. The van der Waals surface area contributed by atoms with E-state index in [0.29, 0.717) is 0 Å². The van der Waals surface area contributed by atoms with Crippen molar-refractivity contribution in [3.05, 3.63) is 223 Å². The van der Waals surface area contributed by atoms with Crippen LogP contribution >= 0.6 is 0 Å². The lowest BCUT2D eigenvalue weighted by Crippen LogP contribution is -2.16. The highest BCUT2D eigenvalue weighted by atomic mass is 15.1. The first kappa shape index (κ1) is 34.1. The van der Waals surface area contributed by atoms with Gasteiger partial charge >= 0.3 is 0 Å². The van der Waals surface area contributed by atoms with E-state index in [9.17, 15) is 0 Å². The number of hydrogen-bond donors (Lipinski definition) is 0. The molecule has 0 radical (unpaired) electrons. The van der Waals surface area contributed by atoms with E-state index in [1.54, 1.807) is 0 Å². The number of benzene rings is 10. The summed E-state index contributed by atoms with van der Waals surface area (Å²) in [5.74, 6) is 0. The van der Waals surface area contributed by atoms with Crippen molar-refractivity contribution in [1.82, 2.24) is 0 Å². The Hall–Kier alpha value is -7.22. The van der Waals surface area contributed by atoms with Gasteiger partial charge in [0.2, 0.25) is 0 Å². The Morgan fingerprint density at radius 1 is 0.310 bits per heavy atom. The zero-order valence-electron chi connectivity index (χ0n) is 32.7. The van der Waals surface area contributed by atoms with Gasteiger partial charge in [-0.3, -0.25) is 0 Å². The fraction of sp³-hybridized carbons (Fsp3) is 0.0526. The summed E-state index contributed by atoms with van der Waals surface area (Å²) < 4.78 is 0. The Bertz CT molecular complexity index is 3160. The molecule has 10 aromatic carbocycles. The minimum atomic E-state index is -0.232. The fourth-order valence-electron chi connectivity index (χ4n) is 9.52. The van der Waals surface area contributed by atoms with E-state index in [2.05, 4.69) is 231 Å². The van der Waals surface area contributed by atoms with Crippen LogP contribution in [0.1, 0.15) is 25.0 Å². The van der Waals surface area contributed by atoms with Crippen molar-refractivity contribution in [2.45, 2.75) is 19.3 Å². The van der Waals surface area contributed by atoms with Crippen molar-refractivity contribution in [3.63, 3.8) is 0 Å². The zero-order chi connectivity index (χ0) is 38.8. The third kappa shape index (κ3) is 5.46. The van der Waals surface area contributed by atoms with Crippen LogP contribution in [0.5, 0.6) is 0 Å². The molecule has 1 aliphatic rings. The highest BCUT2D eigenvalue weighted by Gasteiger charge is 2.38. The SMILES string of the molecule is CC1(C)c2cc(N(c3ccccc3)c3ccc(-c4ccc(-c5ccccc5)cc4)cc3)ccc2-c2c1cc(-c1cc3ccccc3c3ccccc13)c1ccccc21. The van der Waals surface area contributed by atoms with Crippen molar-refractivity contribution >= 4 is 49.4 Å². The molecule has 0 aromatic heterocycles. The maximum absolute atomic E-state index is 2.51. The number of hydrogen-bond acceptors (Lipinski definition) is 1. The monoisotopic (exact) mass is 739 g/mol. The molecule has 0 fully saturated rings. The fourth-order valence-corrected chi connectivity index (χ4v) is 9.52.